The molecule has 6 N–H and O–H groups in total. The second-order valence-electron chi connectivity index (χ2n) is 4.89. The van der Waals surface area contributed by atoms with Crippen LogP contribution in [0, 0.1) is 0 Å². The fourth-order valence-corrected chi connectivity index (χ4v) is 4.40. The third-order valence-electron chi connectivity index (χ3n) is 3.38. The quantitative estimate of drug-likeness (QED) is 0.319. The highest BCUT2D eigenvalue weighted by atomic mass is 32.2. The Morgan fingerprint density at radius 1 is 1.13 bits per heavy atom. The van der Waals surface area contributed by atoms with Gasteiger partial charge in [0, 0.05) is 11.5 Å². The van der Waals surface area contributed by atoms with E-state index >= 15 is 0 Å². The average Bonchev–Trinajstić information content (AvgIpc) is 2.54. The molecule has 0 radical (unpaired) electrons. The van der Waals surface area contributed by atoms with Crippen LogP contribution in [0.4, 0.5) is 0 Å². The van der Waals surface area contributed by atoms with Gasteiger partial charge in [0.1, 0.15) is 29.3 Å². The van der Waals surface area contributed by atoms with Crippen molar-refractivity contribution in [1.82, 2.24) is 5.32 Å². The predicted octanol–water partition coefficient (Wildman–Crippen LogP) is -2.32. The van der Waals surface area contributed by atoms with E-state index in [0.717, 1.165) is 23.5 Å². The number of nitrogens with one attached hydrogen (secondary N) is 1. The molecule has 0 aromatic carbocycles. The lowest BCUT2D eigenvalue weighted by atomic mass is 9.97. The lowest BCUT2D eigenvalue weighted by Gasteiger charge is -2.40. The number of amides is 1. The molecule has 2 rings (SSSR count). The molecule has 0 aromatic heterocycles. The predicted molar refractivity (Wildman–Crippen MR) is 81.5 cm³/mol. The Bertz CT molecular complexity index is 513. The molecule has 1 saturated heterocycles. The number of aliphatic hydroxyl groups excluding tert-OH is 4. The van der Waals surface area contributed by atoms with Crippen molar-refractivity contribution < 1.29 is 39.9 Å². The molecule has 0 aromatic rings. The zero-order valence-electron chi connectivity index (χ0n) is 11.8. The van der Waals surface area contributed by atoms with Crippen LogP contribution < -0.4 is 5.32 Å². The van der Waals surface area contributed by atoms with Gasteiger partial charge >= 0.3 is 5.97 Å². The molecule has 5 atom stereocenters. The normalized spacial score (nSPS) is 35.0. The minimum atomic E-state index is -1.65. The summed E-state index contributed by atoms with van der Waals surface area (Å²) in [6.45, 7) is -0.614. The Kier molecular flexibility index (Phi) is 6.31. The molecule has 5 unspecified atom stereocenters. The molecule has 1 amide bonds. The SMILES string of the molecule is O=C(O)C1=C(C(=O)NC2C(O)OC(CO)C(O)C2O)SCCS1. The van der Waals surface area contributed by atoms with Crippen LogP contribution in [0.2, 0.25) is 0 Å². The first-order valence-electron chi connectivity index (χ1n) is 6.71. The molecule has 130 valence electrons. The van der Waals surface area contributed by atoms with E-state index in [1.807, 2.05) is 0 Å². The molecule has 2 aliphatic rings. The average molecular weight is 367 g/mol. The summed E-state index contributed by atoms with van der Waals surface area (Å²) in [6, 6.07) is -1.35. The summed E-state index contributed by atoms with van der Waals surface area (Å²) in [5.41, 5.74) is 0. The van der Waals surface area contributed by atoms with Crippen molar-refractivity contribution in [3.8, 4) is 0 Å². The monoisotopic (exact) mass is 367 g/mol. The number of aliphatic carboxylic acids is 1. The number of hydrogen-bond donors (Lipinski definition) is 6. The van der Waals surface area contributed by atoms with E-state index < -0.39 is 49.1 Å². The van der Waals surface area contributed by atoms with Gasteiger partial charge in [0.2, 0.25) is 0 Å². The molecule has 2 heterocycles. The number of carbonyl (C=O) groups excluding carboxylic acids is 1. The molecule has 0 spiro atoms. The maximum absolute atomic E-state index is 12.3. The van der Waals surface area contributed by atoms with E-state index in [4.69, 9.17) is 14.9 Å². The van der Waals surface area contributed by atoms with Crippen LogP contribution in [0.5, 0.6) is 0 Å². The maximum Gasteiger partial charge on any atom is 0.343 e. The van der Waals surface area contributed by atoms with E-state index in [2.05, 4.69) is 5.32 Å². The molecule has 1 fully saturated rings. The smallest absolute Gasteiger partial charge is 0.343 e. The second kappa shape index (κ2) is 7.83. The van der Waals surface area contributed by atoms with Crippen LogP contribution in [0.25, 0.3) is 0 Å². The minimum absolute atomic E-state index is 0.0214. The number of aliphatic hydroxyl groups is 4. The van der Waals surface area contributed by atoms with Gasteiger partial charge in [-0.1, -0.05) is 0 Å². The van der Waals surface area contributed by atoms with E-state index in [0.29, 0.717) is 11.5 Å². The molecule has 2 aliphatic heterocycles. The molecule has 23 heavy (non-hydrogen) atoms. The van der Waals surface area contributed by atoms with Gasteiger partial charge in [-0.15, -0.1) is 23.5 Å². The fraction of sp³-hybridized carbons (Fsp3) is 0.667. The van der Waals surface area contributed by atoms with Crippen LogP contribution in [0.1, 0.15) is 0 Å². The standard InChI is InChI=1S/C12H17NO8S2/c14-3-4-6(15)7(16)5(12(20)21-4)13-10(17)8-9(11(18)19)23-2-1-22-8/h4-7,12,14-16,20H,1-3H2,(H,13,17)(H,18,19). The number of carbonyl (C=O) groups is 2. The van der Waals surface area contributed by atoms with Crippen molar-refractivity contribution in [3.05, 3.63) is 9.81 Å². The van der Waals surface area contributed by atoms with E-state index in [-0.39, 0.29) is 9.81 Å². The number of carboxylic acids is 1. The van der Waals surface area contributed by atoms with Crippen LogP contribution in [-0.4, -0.2) is 86.2 Å². The molecule has 9 nitrogen and oxygen atoms in total. The van der Waals surface area contributed by atoms with Crippen molar-refractivity contribution in [2.45, 2.75) is 30.6 Å². The Balaban J connectivity index is 2.14. The van der Waals surface area contributed by atoms with E-state index in [1.165, 1.54) is 0 Å². The fourth-order valence-electron chi connectivity index (χ4n) is 2.22. The zero-order valence-corrected chi connectivity index (χ0v) is 13.4. The van der Waals surface area contributed by atoms with Crippen molar-refractivity contribution in [2.24, 2.45) is 0 Å². The summed E-state index contributed by atoms with van der Waals surface area (Å²) in [7, 11) is 0. The van der Waals surface area contributed by atoms with Gasteiger partial charge in [-0.25, -0.2) is 4.79 Å². The van der Waals surface area contributed by atoms with Crippen molar-refractivity contribution in [1.29, 1.82) is 0 Å². The Morgan fingerprint density at radius 2 is 1.74 bits per heavy atom. The van der Waals surface area contributed by atoms with Gasteiger partial charge in [-0.05, 0) is 0 Å². The topological polar surface area (TPSA) is 157 Å². The largest absolute Gasteiger partial charge is 0.477 e. The molecular formula is C12H17NO8S2. The van der Waals surface area contributed by atoms with Gasteiger partial charge in [-0.3, -0.25) is 4.79 Å². The van der Waals surface area contributed by atoms with Crippen LogP contribution >= 0.6 is 23.5 Å². The van der Waals surface area contributed by atoms with Crippen molar-refractivity contribution in [2.75, 3.05) is 18.1 Å². The summed E-state index contributed by atoms with van der Waals surface area (Å²) < 4.78 is 4.93. The zero-order chi connectivity index (χ0) is 17.1. The summed E-state index contributed by atoms with van der Waals surface area (Å²) >= 11 is 2.10. The van der Waals surface area contributed by atoms with E-state index in [1.54, 1.807) is 0 Å². The molecule has 0 saturated carbocycles. The highest BCUT2D eigenvalue weighted by Crippen LogP contribution is 2.34. The van der Waals surface area contributed by atoms with Crippen LogP contribution in [0.3, 0.4) is 0 Å². The molecule has 11 heteroatoms. The first-order chi connectivity index (χ1) is 10.9. The first-order valence-corrected chi connectivity index (χ1v) is 8.68. The number of thioether (sulfide) groups is 2. The van der Waals surface area contributed by atoms with Gasteiger partial charge in [0.05, 0.1) is 11.5 Å². The third-order valence-corrected chi connectivity index (χ3v) is 5.93. The van der Waals surface area contributed by atoms with Gasteiger partial charge in [0.15, 0.2) is 6.29 Å². The van der Waals surface area contributed by atoms with Crippen molar-refractivity contribution in [3.63, 3.8) is 0 Å². The molecule has 0 aliphatic carbocycles. The Morgan fingerprint density at radius 3 is 2.30 bits per heavy atom. The first kappa shape index (κ1) is 18.5. The highest BCUT2D eigenvalue weighted by Gasteiger charge is 2.44. The number of rotatable bonds is 4. The Hall–Kier alpha value is -0.820. The summed E-state index contributed by atoms with van der Waals surface area (Å²) in [5.74, 6) is -0.904. The summed E-state index contributed by atoms with van der Waals surface area (Å²) in [6.07, 6.45) is -5.91. The number of ether oxygens (including phenoxy) is 1. The van der Waals surface area contributed by atoms with Crippen molar-refractivity contribution >= 4 is 35.4 Å². The lowest BCUT2D eigenvalue weighted by molar-refractivity contribution is -0.253. The summed E-state index contributed by atoms with van der Waals surface area (Å²) in [4.78, 5) is 23.3. The second-order valence-corrected chi connectivity index (χ2v) is 7.10. The van der Waals surface area contributed by atoms with Gasteiger partial charge in [-0.2, -0.15) is 0 Å². The van der Waals surface area contributed by atoms with Gasteiger partial charge < -0.3 is 35.6 Å². The maximum atomic E-state index is 12.3. The molecule has 0 bridgehead atoms. The Labute approximate surface area is 139 Å². The van der Waals surface area contributed by atoms with Gasteiger partial charge in [0.25, 0.3) is 5.91 Å². The summed E-state index contributed by atoms with van der Waals surface area (Å²) in [5, 5.41) is 50.0. The molecular weight excluding hydrogens is 350 g/mol. The van der Waals surface area contributed by atoms with Crippen LogP contribution in [0.15, 0.2) is 9.81 Å². The van der Waals surface area contributed by atoms with E-state index in [9.17, 15) is 24.9 Å². The lowest BCUT2D eigenvalue weighted by Crippen LogP contribution is -2.64. The number of carboxylic acid groups (broad SMARTS) is 1. The third kappa shape index (κ3) is 3.99. The minimum Gasteiger partial charge on any atom is -0.477 e. The van der Waals surface area contributed by atoms with Crippen LogP contribution in [-0.2, 0) is 14.3 Å². The highest BCUT2D eigenvalue weighted by molar-refractivity contribution is 8.11. The number of hydrogen-bond acceptors (Lipinski definition) is 9.